The maximum Gasteiger partial charge on any atom is 0.239 e. The van der Waals surface area contributed by atoms with Crippen molar-refractivity contribution in [2.24, 2.45) is 5.84 Å². The predicted octanol–water partition coefficient (Wildman–Crippen LogP) is 2.56. The third-order valence-electron chi connectivity index (χ3n) is 2.31. The number of para-hydroxylation sites is 2. The molecule has 0 radical (unpaired) electrons. The Hall–Kier alpha value is -2.05. The van der Waals surface area contributed by atoms with Crippen LogP contribution in [0.3, 0.4) is 0 Å². The Morgan fingerprint density at radius 3 is 2.89 bits per heavy atom. The van der Waals surface area contributed by atoms with Gasteiger partial charge in [0.25, 0.3) is 0 Å². The number of nitrogens with zero attached hydrogens (tertiary/aromatic N) is 2. The summed E-state index contributed by atoms with van der Waals surface area (Å²) in [6, 6.07) is 7.52. The number of hydrogen-bond donors (Lipinski definition) is 3. The molecule has 0 spiro atoms. The minimum atomic E-state index is 0.279. The predicted molar refractivity (Wildman–Crippen MR) is 75.7 cm³/mol. The van der Waals surface area contributed by atoms with E-state index in [4.69, 9.17) is 22.2 Å². The Morgan fingerprint density at radius 1 is 1.37 bits per heavy atom. The number of hydrogen-bond acceptors (Lipinski definition) is 6. The van der Waals surface area contributed by atoms with E-state index in [2.05, 4.69) is 20.7 Å². The Kier molecular flexibility index (Phi) is 4.38. The van der Waals surface area contributed by atoms with Crippen LogP contribution in [0, 0.1) is 0 Å². The van der Waals surface area contributed by atoms with Gasteiger partial charge in [0.1, 0.15) is 10.8 Å². The molecule has 100 valence electrons. The molecule has 1 aromatic carbocycles. The van der Waals surface area contributed by atoms with Gasteiger partial charge >= 0.3 is 0 Å². The molecule has 0 fully saturated rings. The first-order valence-electron chi connectivity index (χ1n) is 5.72. The molecule has 2 rings (SSSR count). The molecule has 4 N–H and O–H groups in total. The fraction of sp³-hybridized carbons (Fsp3) is 0.167. The molecule has 1 aromatic heterocycles. The largest absolute Gasteiger partial charge is 0.492 e. The summed E-state index contributed by atoms with van der Waals surface area (Å²) in [7, 11) is 0. The highest BCUT2D eigenvalue weighted by molar-refractivity contribution is 6.32. The normalized spacial score (nSPS) is 10.1. The van der Waals surface area contributed by atoms with E-state index in [9.17, 15) is 0 Å². The molecule has 0 saturated heterocycles. The Bertz CT molecular complexity index is 564. The van der Waals surface area contributed by atoms with Crippen molar-refractivity contribution in [1.29, 1.82) is 0 Å². The summed E-state index contributed by atoms with van der Waals surface area (Å²) in [4.78, 5) is 8.05. The van der Waals surface area contributed by atoms with Crippen LogP contribution in [0.5, 0.6) is 5.75 Å². The van der Waals surface area contributed by atoms with E-state index in [-0.39, 0.29) is 5.95 Å². The summed E-state index contributed by atoms with van der Waals surface area (Å²) in [5.74, 6) is 6.73. The first kappa shape index (κ1) is 13.4. The molecule has 1 heterocycles. The van der Waals surface area contributed by atoms with Gasteiger partial charge < -0.3 is 10.1 Å². The third-order valence-corrected chi connectivity index (χ3v) is 2.59. The number of rotatable bonds is 5. The van der Waals surface area contributed by atoms with Gasteiger partial charge in [0.15, 0.2) is 5.82 Å². The molecule has 0 aliphatic heterocycles. The van der Waals surface area contributed by atoms with Crippen LogP contribution in [0.2, 0.25) is 5.02 Å². The van der Waals surface area contributed by atoms with Crippen molar-refractivity contribution in [2.75, 3.05) is 17.3 Å². The van der Waals surface area contributed by atoms with E-state index < -0.39 is 0 Å². The highest BCUT2D eigenvalue weighted by atomic mass is 35.5. The fourth-order valence-corrected chi connectivity index (χ4v) is 1.64. The molecule has 19 heavy (non-hydrogen) atoms. The number of anilines is 3. The van der Waals surface area contributed by atoms with Crippen molar-refractivity contribution < 1.29 is 4.74 Å². The van der Waals surface area contributed by atoms with E-state index in [1.54, 1.807) is 0 Å². The Morgan fingerprint density at radius 2 is 2.16 bits per heavy atom. The molecule has 0 unspecified atom stereocenters. The third kappa shape index (κ3) is 3.24. The first-order valence-corrected chi connectivity index (χ1v) is 6.10. The second-order valence-corrected chi connectivity index (χ2v) is 4.00. The average molecular weight is 280 g/mol. The average Bonchev–Trinajstić information content (AvgIpc) is 2.43. The maximum absolute atomic E-state index is 6.04. The zero-order valence-corrected chi connectivity index (χ0v) is 11.1. The van der Waals surface area contributed by atoms with Gasteiger partial charge in [-0.15, -0.1) is 0 Å². The second-order valence-electron chi connectivity index (χ2n) is 3.59. The molecular formula is C12H14ClN5O. The fourth-order valence-electron chi connectivity index (χ4n) is 1.50. The summed E-state index contributed by atoms with van der Waals surface area (Å²) in [6.45, 7) is 2.50. The Labute approximate surface area is 115 Å². The lowest BCUT2D eigenvalue weighted by atomic mass is 10.3. The highest BCUT2D eigenvalue weighted by Gasteiger charge is 2.08. The van der Waals surface area contributed by atoms with Gasteiger partial charge in [0, 0.05) is 0 Å². The summed E-state index contributed by atoms with van der Waals surface area (Å²) in [6.07, 6.45) is 1.47. The summed E-state index contributed by atoms with van der Waals surface area (Å²) < 4.78 is 5.52. The van der Waals surface area contributed by atoms with Crippen LogP contribution in [0.25, 0.3) is 0 Å². The van der Waals surface area contributed by atoms with Crippen molar-refractivity contribution in [1.82, 2.24) is 9.97 Å². The first-order chi connectivity index (χ1) is 9.24. The van der Waals surface area contributed by atoms with Crippen LogP contribution in [0.1, 0.15) is 6.92 Å². The van der Waals surface area contributed by atoms with Gasteiger partial charge in [0.2, 0.25) is 5.95 Å². The number of halogens is 1. The molecule has 6 nitrogen and oxygen atoms in total. The smallest absolute Gasteiger partial charge is 0.239 e. The minimum absolute atomic E-state index is 0.279. The van der Waals surface area contributed by atoms with Gasteiger partial charge in [-0.2, -0.15) is 4.98 Å². The van der Waals surface area contributed by atoms with Crippen LogP contribution in [0.4, 0.5) is 17.5 Å². The van der Waals surface area contributed by atoms with Crippen LogP contribution in [-0.2, 0) is 0 Å². The number of nitrogen functional groups attached to an aromatic ring is 1. The van der Waals surface area contributed by atoms with Gasteiger partial charge in [-0.25, -0.2) is 10.8 Å². The van der Waals surface area contributed by atoms with E-state index in [0.29, 0.717) is 17.4 Å². The number of aromatic nitrogens is 2. The van der Waals surface area contributed by atoms with Crippen LogP contribution >= 0.6 is 11.6 Å². The molecule has 7 heteroatoms. The maximum atomic E-state index is 6.04. The zero-order chi connectivity index (χ0) is 13.7. The van der Waals surface area contributed by atoms with Crippen LogP contribution in [0.15, 0.2) is 30.5 Å². The molecule has 0 bridgehead atoms. The van der Waals surface area contributed by atoms with E-state index >= 15 is 0 Å². The van der Waals surface area contributed by atoms with Gasteiger partial charge in [-0.05, 0) is 19.1 Å². The Balaban J connectivity index is 2.30. The standard InChI is InChI=1S/C12H14ClN5O/c1-2-19-10-6-4-3-5-9(10)16-11-8(13)7-15-12(17-11)18-14/h3-7H,2,14H2,1H3,(H2,15,16,17,18). The van der Waals surface area contributed by atoms with E-state index in [1.807, 2.05) is 31.2 Å². The number of nitrogens with one attached hydrogen (secondary N) is 2. The molecule has 0 aliphatic rings. The molecule has 0 atom stereocenters. The molecule has 0 saturated carbocycles. The van der Waals surface area contributed by atoms with Crippen molar-refractivity contribution in [3.8, 4) is 5.75 Å². The lowest BCUT2D eigenvalue weighted by Gasteiger charge is -2.12. The quantitative estimate of drug-likeness (QED) is 0.576. The van der Waals surface area contributed by atoms with Crippen molar-refractivity contribution in [2.45, 2.75) is 6.92 Å². The summed E-state index contributed by atoms with van der Waals surface area (Å²) >= 11 is 6.04. The monoisotopic (exact) mass is 279 g/mol. The molecule has 0 aliphatic carbocycles. The van der Waals surface area contributed by atoms with Gasteiger partial charge in [0.05, 0.1) is 18.5 Å². The topological polar surface area (TPSA) is 85.1 Å². The molecular weight excluding hydrogens is 266 g/mol. The second kappa shape index (κ2) is 6.21. The lowest BCUT2D eigenvalue weighted by molar-refractivity contribution is 0.342. The molecule has 0 amide bonds. The van der Waals surface area contributed by atoms with Crippen LogP contribution < -0.4 is 21.3 Å². The van der Waals surface area contributed by atoms with Crippen LogP contribution in [-0.4, -0.2) is 16.6 Å². The SMILES string of the molecule is CCOc1ccccc1Nc1nc(NN)ncc1Cl. The number of nitrogens with two attached hydrogens (primary N) is 1. The number of ether oxygens (including phenoxy) is 1. The summed E-state index contributed by atoms with van der Waals surface area (Å²) in [5.41, 5.74) is 3.14. The van der Waals surface area contributed by atoms with E-state index in [0.717, 1.165) is 11.4 Å². The van der Waals surface area contributed by atoms with Gasteiger partial charge in [-0.1, -0.05) is 23.7 Å². The van der Waals surface area contributed by atoms with E-state index in [1.165, 1.54) is 6.20 Å². The minimum Gasteiger partial charge on any atom is -0.492 e. The molecule has 2 aromatic rings. The number of hydrazine groups is 1. The van der Waals surface area contributed by atoms with Crippen molar-refractivity contribution in [3.63, 3.8) is 0 Å². The number of benzene rings is 1. The zero-order valence-electron chi connectivity index (χ0n) is 10.4. The van der Waals surface area contributed by atoms with Gasteiger partial charge in [-0.3, -0.25) is 5.43 Å². The summed E-state index contributed by atoms with van der Waals surface area (Å²) in [5, 5.41) is 3.49. The van der Waals surface area contributed by atoms with Crippen molar-refractivity contribution in [3.05, 3.63) is 35.5 Å². The highest BCUT2D eigenvalue weighted by Crippen LogP contribution is 2.29. The van der Waals surface area contributed by atoms with Crippen molar-refractivity contribution >= 4 is 29.1 Å². The lowest BCUT2D eigenvalue weighted by Crippen LogP contribution is -2.11.